The van der Waals surface area contributed by atoms with Crippen LogP contribution in [0.5, 0.6) is 0 Å². The number of aliphatic hydroxyl groups is 6. The van der Waals surface area contributed by atoms with Gasteiger partial charge in [0.05, 0.1) is 19.3 Å². The monoisotopic (exact) mass is 582 g/mol. The molecule has 0 saturated carbocycles. The van der Waals surface area contributed by atoms with E-state index in [0.29, 0.717) is 0 Å². The van der Waals surface area contributed by atoms with Gasteiger partial charge in [-0.1, -0.05) is 0 Å². The van der Waals surface area contributed by atoms with Gasteiger partial charge < -0.3 is 66.4 Å². The molecule has 0 fully saturated rings. The molecule has 0 radical (unpaired) electrons. The van der Waals surface area contributed by atoms with Crippen molar-refractivity contribution in [3.05, 3.63) is 0 Å². The van der Waals surface area contributed by atoms with Crippen LogP contribution in [0.4, 0.5) is 0 Å². The first-order chi connectivity index (χ1) is 17.7. The smallest absolute Gasteiger partial charge is 0.335 e. The predicted molar refractivity (Wildman–Crippen MR) is 120 cm³/mol. The maximum Gasteiger partial charge on any atom is 0.335 e. The number of hydrogen-bond acceptors (Lipinski definition) is 13. The van der Waals surface area contributed by atoms with Crippen LogP contribution in [0.1, 0.15) is 39.0 Å². The van der Waals surface area contributed by atoms with Gasteiger partial charge in [0.15, 0.2) is 18.3 Å². The first-order valence-corrected chi connectivity index (χ1v) is 10.2. The Kier molecular flexibility index (Phi) is 33.0. The van der Waals surface area contributed by atoms with E-state index in [2.05, 4.69) is 0 Å². The van der Waals surface area contributed by atoms with Crippen LogP contribution >= 0.6 is 0 Å². The van der Waals surface area contributed by atoms with Crippen LogP contribution in [-0.2, 0) is 33.6 Å². The number of aliphatic hydroxyl groups excluding tert-OH is 6. The van der Waals surface area contributed by atoms with Gasteiger partial charge in [-0.2, -0.15) is 0 Å². The number of hydrogen-bond donors (Lipinski definition) is 13. The highest BCUT2D eigenvalue weighted by molar-refractivity contribution is 5.83. The Morgan fingerprint density at radius 3 is 0.897 bits per heavy atom. The van der Waals surface area contributed by atoms with Gasteiger partial charge >= 0.3 is 41.8 Å². The molecule has 4 atom stereocenters. The molecule has 0 amide bonds. The van der Waals surface area contributed by atoms with Crippen molar-refractivity contribution in [3.63, 3.8) is 0 Å². The Labute approximate surface area is 219 Å². The van der Waals surface area contributed by atoms with Crippen LogP contribution in [0.3, 0.4) is 0 Å². The average Bonchev–Trinajstić information content (AvgIpc) is 2.81. The predicted octanol–water partition coefficient (Wildman–Crippen LogP) is -4.08. The second-order valence-corrected chi connectivity index (χ2v) is 6.47. The van der Waals surface area contributed by atoms with E-state index in [4.69, 9.17) is 66.4 Å². The van der Waals surface area contributed by atoms with Crippen LogP contribution in [0.2, 0.25) is 0 Å². The maximum atomic E-state index is 9.77. The molecule has 230 valence electrons. The van der Waals surface area contributed by atoms with Crippen molar-refractivity contribution >= 4 is 41.8 Å². The first kappa shape index (κ1) is 45.0. The van der Waals surface area contributed by atoms with Crippen molar-refractivity contribution in [2.45, 2.75) is 63.4 Å². The Morgan fingerprint density at radius 2 is 0.795 bits per heavy atom. The molecule has 13 N–H and O–H groups in total. The summed E-state index contributed by atoms with van der Waals surface area (Å²) in [6, 6.07) is 0. The van der Waals surface area contributed by atoms with E-state index >= 15 is 0 Å². The molecule has 0 aromatic rings. The Hall–Kier alpha value is -3.95. The second-order valence-electron chi connectivity index (χ2n) is 6.47. The fourth-order valence-electron chi connectivity index (χ4n) is 0.960. The minimum Gasteiger partial charge on any atom is -0.481 e. The van der Waals surface area contributed by atoms with Gasteiger partial charge in [-0.3, -0.25) is 14.4 Å². The molecule has 0 aromatic carbocycles. The molecule has 39 heavy (non-hydrogen) atoms. The molecule has 0 spiro atoms. The summed E-state index contributed by atoms with van der Waals surface area (Å²) in [5, 5.41) is 104. The van der Waals surface area contributed by atoms with E-state index in [-0.39, 0.29) is 26.1 Å². The quantitative estimate of drug-likeness (QED) is 0.0917. The summed E-state index contributed by atoms with van der Waals surface area (Å²) in [7, 11) is 0. The van der Waals surface area contributed by atoms with Gasteiger partial charge in [0.2, 0.25) is 0 Å². The molecule has 0 bridgehead atoms. The van der Waals surface area contributed by atoms with E-state index in [1.54, 1.807) is 0 Å². The highest BCUT2D eigenvalue weighted by Gasteiger charge is 2.29. The van der Waals surface area contributed by atoms with Gasteiger partial charge in [0, 0.05) is 13.2 Å². The molecule has 0 aliphatic heterocycles. The summed E-state index contributed by atoms with van der Waals surface area (Å²) in [6.45, 7) is 1.59. The van der Waals surface area contributed by atoms with Gasteiger partial charge in [-0.25, -0.2) is 19.2 Å². The summed E-state index contributed by atoms with van der Waals surface area (Å²) in [5.74, 6) is -9.72. The third-order valence-electron chi connectivity index (χ3n) is 2.93. The first-order valence-electron chi connectivity index (χ1n) is 10.2. The molecular formula is C19H34O20. The molecule has 0 heterocycles. The van der Waals surface area contributed by atoms with Gasteiger partial charge in [0.1, 0.15) is 6.10 Å². The Morgan fingerprint density at radius 1 is 0.513 bits per heavy atom. The zero-order chi connectivity index (χ0) is 32.3. The molecule has 4 unspecified atom stereocenters. The lowest BCUT2D eigenvalue weighted by atomic mass is 10.2. The Balaban J connectivity index is -0.000000125. The molecule has 20 heteroatoms. The van der Waals surface area contributed by atoms with Crippen molar-refractivity contribution in [1.82, 2.24) is 0 Å². The standard InChI is InChI=1S/C4H6O6.C4H6O5.C4H6O4.C4H10O2.C3H6O3/c5-1(3(7)8)2(6)4(9)10;5-2(4(8)9)1-3(6)7;5-3(6)1-2-4(7)8;5-3-1-2-4-6;1-2(4)3(5)6/h1-2,5-6H,(H,7,8)(H,9,10);2,5H,1H2,(H,6,7)(H,8,9);1-2H2,(H,5,6)(H,7,8);5-6H,1-4H2;2,4H,1H3,(H,5,6). The number of rotatable bonds is 13. The van der Waals surface area contributed by atoms with E-state index in [0.717, 1.165) is 12.8 Å². The third kappa shape index (κ3) is 44.5. The van der Waals surface area contributed by atoms with E-state index in [1.807, 2.05) is 0 Å². The lowest BCUT2D eigenvalue weighted by molar-refractivity contribution is -0.165. The Bertz CT molecular complexity index is 697. The largest absolute Gasteiger partial charge is 0.481 e. The second kappa shape index (κ2) is 28.6. The SMILES string of the molecule is CC(O)C(=O)O.O=C(O)C(O)C(O)C(=O)O.O=C(O)CC(O)C(=O)O.O=C(O)CCC(=O)O.OCCCCO. The minimum atomic E-state index is -2.27. The molecule has 20 nitrogen and oxygen atoms in total. The average molecular weight is 582 g/mol. The van der Waals surface area contributed by atoms with E-state index in [1.165, 1.54) is 6.92 Å². The van der Waals surface area contributed by atoms with Crippen LogP contribution in [0, 0.1) is 0 Å². The van der Waals surface area contributed by atoms with Crippen molar-refractivity contribution in [2.75, 3.05) is 13.2 Å². The van der Waals surface area contributed by atoms with Gasteiger partial charge in [-0.15, -0.1) is 0 Å². The number of carbonyl (C=O) groups is 7. The molecule has 0 rings (SSSR count). The normalized spacial score (nSPS) is 12.2. The third-order valence-corrected chi connectivity index (χ3v) is 2.93. The molecule has 0 saturated heterocycles. The topological polar surface area (TPSA) is 382 Å². The van der Waals surface area contributed by atoms with Crippen molar-refractivity contribution in [1.29, 1.82) is 0 Å². The fraction of sp³-hybridized carbons (Fsp3) is 0.632. The highest BCUT2D eigenvalue weighted by atomic mass is 16.4. The minimum absolute atomic E-state index is 0.195. The highest BCUT2D eigenvalue weighted by Crippen LogP contribution is 1.92. The number of unbranched alkanes of at least 4 members (excludes halogenated alkanes) is 1. The molecular weight excluding hydrogens is 548 g/mol. The lowest BCUT2D eigenvalue weighted by Crippen LogP contribution is -2.39. The van der Waals surface area contributed by atoms with Gasteiger partial charge in [0.25, 0.3) is 0 Å². The summed E-state index contributed by atoms with van der Waals surface area (Å²) in [5.41, 5.74) is 0. The van der Waals surface area contributed by atoms with E-state index in [9.17, 15) is 33.6 Å². The molecule has 0 aliphatic carbocycles. The van der Waals surface area contributed by atoms with Gasteiger partial charge in [-0.05, 0) is 19.8 Å². The maximum absolute atomic E-state index is 9.77. The van der Waals surface area contributed by atoms with Crippen LogP contribution in [0.15, 0.2) is 0 Å². The fourth-order valence-corrected chi connectivity index (χ4v) is 0.960. The molecule has 0 aliphatic rings. The zero-order valence-electron chi connectivity index (χ0n) is 20.4. The van der Waals surface area contributed by atoms with Crippen molar-refractivity contribution < 1.29 is 99.9 Å². The van der Waals surface area contributed by atoms with Crippen LogP contribution in [0.25, 0.3) is 0 Å². The summed E-state index contributed by atoms with van der Waals surface area (Å²) < 4.78 is 0. The lowest BCUT2D eigenvalue weighted by Gasteiger charge is -2.07. The zero-order valence-corrected chi connectivity index (χ0v) is 20.4. The molecule has 0 aromatic heterocycles. The van der Waals surface area contributed by atoms with E-state index < -0.39 is 72.6 Å². The van der Waals surface area contributed by atoms with Crippen molar-refractivity contribution in [3.8, 4) is 0 Å². The van der Waals surface area contributed by atoms with Crippen LogP contribution in [-0.4, -0.2) is 146 Å². The summed E-state index contributed by atoms with van der Waals surface area (Å²) in [6.07, 6.45) is -7.46. The summed E-state index contributed by atoms with van der Waals surface area (Å²) in [4.78, 5) is 67.7. The number of aliphatic carboxylic acids is 7. The number of carboxylic acid groups (broad SMARTS) is 7. The van der Waals surface area contributed by atoms with Crippen LogP contribution < -0.4 is 0 Å². The summed E-state index contributed by atoms with van der Waals surface area (Å²) >= 11 is 0. The number of carboxylic acids is 7. The van der Waals surface area contributed by atoms with Crippen molar-refractivity contribution in [2.24, 2.45) is 0 Å².